The van der Waals surface area contributed by atoms with Crippen molar-refractivity contribution < 1.29 is 19.4 Å². The molecule has 1 aromatic rings. The Labute approximate surface area is 110 Å². The first-order valence-corrected chi connectivity index (χ1v) is 6.05. The lowest BCUT2D eigenvalue weighted by Gasteiger charge is -2.19. The average Bonchev–Trinajstić information content (AvgIpc) is 2.37. The van der Waals surface area contributed by atoms with Crippen LogP contribution in [0.15, 0.2) is 12.1 Å². The minimum atomic E-state index is -0.902. The Kier molecular flexibility index (Phi) is 3.39. The highest BCUT2D eigenvalue weighted by atomic mass is 35.5. The van der Waals surface area contributed by atoms with Crippen LogP contribution in [0.25, 0.3) is 0 Å². The van der Waals surface area contributed by atoms with Crippen LogP contribution < -0.4 is 9.47 Å². The van der Waals surface area contributed by atoms with Gasteiger partial charge in [0.15, 0.2) is 11.5 Å². The van der Waals surface area contributed by atoms with Crippen LogP contribution in [-0.4, -0.2) is 24.3 Å². The standard InChI is InChI=1S/C13H15ClO4/c1-13(2)6-17-10-4-8(5-11(15)16)3-9(14)12(10)18-7-13/h3-4H,5-7H2,1-2H3,(H,15,16). The Morgan fingerprint density at radius 2 is 2.06 bits per heavy atom. The maximum absolute atomic E-state index is 10.7. The number of benzene rings is 1. The number of carbonyl (C=O) groups is 1. The van der Waals surface area contributed by atoms with Crippen LogP contribution in [0, 0.1) is 5.41 Å². The molecule has 0 bridgehead atoms. The largest absolute Gasteiger partial charge is 0.489 e. The third kappa shape index (κ3) is 2.88. The average molecular weight is 271 g/mol. The van der Waals surface area contributed by atoms with Crippen molar-refractivity contribution in [1.29, 1.82) is 0 Å². The van der Waals surface area contributed by atoms with Crippen LogP contribution in [0.1, 0.15) is 19.4 Å². The molecule has 1 heterocycles. The first-order chi connectivity index (χ1) is 8.37. The number of halogens is 1. The molecule has 0 saturated heterocycles. The summed E-state index contributed by atoms with van der Waals surface area (Å²) in [5.41, 5.74) is 0.504. The van der Waals surface area contributed by atoms with Crippen molar-refractivity contribution in [3.8, 4) is 11.5 Å². The molecule has 0 unspecified atom stereocenters. The summed E-state index contributed by atoms with van der Waals surface area (Å²) in [6.07, 6.45) is -0.0836. The van der Waals surface area contributed by atoms with Gasteiger partial charge in [-0.05, 0) is 17.7 Å². The van der Waals surface area contributed by atoms with Crippen LogP contribution in [0.5, 0.6) is 11.5 Å². The van der Waals surface area contributed by atoms with Gasteiger partial charge < -0.3 is 14.6 Å². The molecule has 0 atom stereocenters. The van der Waals surface area contributed by atoms with Gasteiger partial charge in [-0.15, -0.1) is 0 Å². The van der Waals surface area contributed by atoms with Crippen LogP contribution in [0.2, 0.25) is 5.02 Å². The molecule has 1 aliphatic heterocycles. The van der Waals surface area contributed by atoms with E-state index >= 15 is 0 Å². The van der Waals surface area contributed by atoms with E-state index in [1.807, 2.05) is 13.8 Å². The van der Waals surface area contributed by atoms with Crippen molar-refractivity contribution in [2.75, 3.05) is 13.2 Å². The Morgan fingerprint density at radius 3 is 2.72 bits per heavy atom. The fourth-order valence-electron chi connectivity index (χ4n) is 1.73. The summed E-state index contributed by atoms with van der Waals surface area (Å²) in [5, 5.41) is 9.18. The minimum absolute atomic E-state index is 0.0836. The van der Waals surface area contributed by atoms with Gasteiger partial charge in [-0.1, -0.05) is 25.4 Å². The van der Waals surface area contributed by atoms with Gasteiger partial charge in [0.1, 0.15) is 0 Å². The lowest BCUT2D eigenvalue weighted by molar-refractivity contribution is -0.136. The summed E-state index contributed by atoms with van der Waals surface area (Å²) in [5.74, 6) is 0.113. The summed E-state index contributed by atoms with van der Waals surface area (Å²) in [4.78, 5) is 10.7. The Morgan fingerprint density at radius 1 is 1.39 bits per heavy atom. The lowest BCUT2D eigenvalue weighted by atomic mass is 9.97. The molecular weight excluding hydrogens is 256 g/mol. The zero-order valence-electron chi connectivity index (χ0n) is 10.3. The van der Waals surface area contributed by atoms with E-state index in [9.17, 15) is 4.79 Å². The molecule has 1 N–H and O–H groups in total. The fourth-order valence-corrected chi connectivity index (χ4v) is 2.02. The van der Waals surface area contributed by atoms with Crippen molar-refractivity contribution >= 4 is 17.6 Å². The molecule has 18 heavy (non-hydrogen) atoms. The molecule has 5 heteroatoms. The highest BCUT2D eigenvalue weighted by Crippen LogP contribution is 2.40. The first-order valence-electron chi connectivity index (χ1n) is 5.67. The molecule has 4 nitrogen and oxygen atoms in total. The van der Waals surface area contributed by atoms with Crippen LogP contribution >= 0.6 is 11.6 Å². The van der Waals surface area contributed by atoms with E-state index < -0.39 is 5.97 Å². The van der Waals surface area contributed by atoms with E-state index in [0.717, 1.165) is 0 Å². The highest BCUT2D eigenvalue weighted by molar-refractivity contribution is 6.32. The second kappa shape index (κ2) is 4.69. The number of carboxylic acid groups (broad SMARTS) is 1. The number of ether oxygens (including phenoxy) is 2. The molecule has 1 aliphatic rings. The Balaban J connectivity index is 2.33. The van der Waals surface area contributed by atoms with E-state index in [-0.39, 0.29) is 11.8 Å². The summed E-state index contributed by atoms with van der Waals surface area (Å²) in [6, 6.07) is 3.28. The van der Waals surface area contributed by atoms with Crippen LogP contribution in [0.4, 0.5) is 0 Å². The molecule has 0 amide bonds. The molecule has 2 rings (SSSR count). The molecule has 0 aliphatic carbocycles. The number of fused-ring (bicyclic) bond motifs is 1. The zero-order chi connectivity index (χ0) is 13.3. The van der Waals surface area contributed by atoms with Crippen LogP contribution in [0.3, 0.4) is 0 Å². The van der Waals surface area contributed by atoms with E-state index in [2.05, 4.69) is 0 Å². The molecule has 0 spiro atoms. The van der Waals surface area contributed by atoms with Gasteiger partial charge in [-0.2, -0.15) is 0 Å². The maximum atomic E-state index is 10.7. The smallest absolute Gasteiger partial charge is 0.307 e. The van der Waals surface area contributed by atoms with Crippen LogP contribution in [-0.2, 0) is 11.2 Å². The molecule has 0 aromatic heterocycles. The van der Waals surface area contributed by atoms with Gasteiger partial charge >= 0.3 is 5.97 Å². The second-order valence-corrected chi connectivity index (χ2v) is 5.62. The van der Waals surface area contributed by atoms with Crippen molar-refractivity contribution in [2.24, 2.45) is 5.41 Å². The van der Waals surface area contributed by atoms with Gasteiger partial charge in [-0.25, -0.2) is 0 Å². The summed E-state index contributed by atoms with van der Waals surface area (Å²) >= 11 is 6.10. The monoisotopic (exact) mass is 270 g/mol. The normalized spacial score (nSPS) is 17.1. The Bertz CT molecular complexity index is 482. The second-order valence-electron chi connectivity index (χ2n) is 5.22. The molecular formula is C13H15ClO4. The number of carboxylic acids is 1. The van der Waals surface area contributed by atoms with Crippen molar-refractivity contribution in [3.63, 3.8) is 0 Å². The number of aliphatic carboxylic acids is 1. The molecule has 0 fully saturated rings. The van der Waals surface area contributed by atoms with Crippen molar-refractivity contribution in [3.05, 3.63) is 22.7 Å². The predicted octanol–water partition coefficient (Wildman–Crippen LogP) is 2.76. The number of hydrogen-bond acceptors (Lipinski definition) is 3. The number of rotatable bonds is 2. The van der Waals surface area contributed by atoms with Gasteiger partial charge in [0.2, 0.25) is 0 Å². The summed E-state index contributed by atoms with van der Waals surface area (Å²) < 4.78 is 11.3. The summed E-state index contributed by atoms with van der Waals surface area (Å²) in [6.45, 7) is 5.08. The quantitative estimate of drug-likeness (QED) is 0.898. The first kappa shape index (κ1) is 13.0. The van der Waals surface area contributed by atoms with E-state index in [4.69, 9.17) is 26.2 Å². The SMILES string of the molecule is CC1(C)COc2cc(CC(=O)O)cc(Cl)c2OC1. The van der Waals surface area contributed by atoms with E-state index in [0.29, 0.717) is 35.3 Å². The van der Waals surface area contributed by atoms with Gasteiger partial charge in [0.25, 0.3) is 0 Å². The third-order valence-electron chi connectivity index (χ3n) is 2.65. The minimum Gasteiger partial charge on any atom is -0.489 e. The van der Waals surface area contributed by atoms with Crippen molar-refractivity contribution in [2.45, 2.75) is 20.3 Å². The maximum Gasteiger partial charge on any atom is 0.307 e. The molecule has 0 radical (unpaired) electrons. The van der Waals surface area contributed by atoms with E-state index in [1.54, 1.807) is 12.1 Å². The van der Waals surface area contributed by atoms with Gasteiger partial charge in [0.05, 0.1) is 24.7 Å². The molecule has 0 saturated carbocycles. The molecule has 1 aromatic carbocycles. The van der Waals surface area contributed by atoms with E-state index in [1.165, 1.54) is 0 Å². The predicted molar refractivity (Wildman–Crippen MR) is 67.6 cm³/mol. The fraction of sp³-hybridized carbons (Fsp3) is 0.462. The topological polar surface area (TPSA) is 55.8 Å². The number of hydrogen-bond donors (Lipinski definition) is 1. The summed E-state index contributed by atoms with van der Waals surface area (Å²) in [7, 11) is 0. The van der Waals surface area contributed by atoms with Crippen molar-refractivity contribution in [1.82, 2.24) is 0 Å². The third-order valence-corrected chi connectivity index (χ3v) is 2.93. The molecule has 98 valence electrons. The lowest BCUT2D eigenvalue weighted by Crippen LogP contribution is -2.26. The van der Waals surface area contributed by atoms with Gasteiger partial charge in [-0.3, -0.25) is 4.79 Å². The highest BCUT2D eigenvalue weighted by Gasteiger charge is 2.27. The Hall–Kier alpha value is -1.42. The zero-order valence-corrected chi connectivity index (χ0v) is 11.1. The van der Waals surface area contributed by atoms with Gasteiger partial charge in [0, 0.05) is 5.41 Å².